The Morgan fingerprint density at radius 1 is 0.509 bits per heavy atom. The van der Waals surface area contributed by atoms with Gasteiger partial charge in [0, 0.05) is 40.1 Å². The molecule has 0 saturated carbocycles. The lowest BCUT2D eigenvalue weighted by atomic mass is 9.82. The third-order valence-corrected chi connectivity index (χ3v) is 11.6. The molecule has 13 nitrogen and oxygen atoms in total. The van der Waals surface area contributed by atoms with Gasteiger partial charge in [-0.05, 0) is 99.4 Å². The first-order chi connectivity index (χ1) is 25.1. The van der Waals surface area contributed by atoms with Crippen molar-refractivity contribution < 1.29 is 49.9 Å². The van der Waals surface area contributed by atoms with E-state index in [9.17, 15) is 45.1 Å². The van der Waals surface area contributed by atoms with Gasteiger partial charge in [-0.2, -0.15) is 16.8 Å². The summed E-state index contributed by atoms with van der Waals surface area (Å²) in [7, 11) is -8.49. The highest BCUT2D eigenvalue weighted by Gasteiger charge is 2.37. The van der Waals surface area contributed by atoms with Crippen LogP contribution in [0.5, 0.6) is 11.5 Å². The number of hydrogen-bond donors (Lipinski definition) is 2. The van der Waals surface area contributed by atoms with E-state index in [2.05, 4.69) is 0 Å². The predicted molar refractivity (Wildman–Crippen MR) is 193 cm³/mol. The van der Waals surface area contributed by atoms with Crippen LogP contribution < -0.4 is 9.64 Å². The minimum Gasteiger partial charge on any atom is -0.454 e. The van der Waals surface area contributed by atoms with Gasteiger partial charge in [-0.3, -0.25) is 33.2 Å². The minimum atomic E-state index is -5.11. The first kappa shape index (κ1) is 32.6. The van der Waals surface area contributed by atoms with E-state index >= 15 is 0 Å². The quantitative estimate of drug-likeness (QED) is 0.0862. The number of ether oxygens (including phenoxy) is 1. The van der Waals surface area contributed by atoms with Gasteiger partial charge in [0.15, 0.2) is 0 Å². The molecular formula is C38H22N2O11S2. The van der Waals surface area contributed by atoms with Crippen molar-refractivity contribution in [3.63, 3.8) is 0 Å². The van der Waals surface area contributed by atoms with E-state index in [0.29, 0.717) is 59.8 Å². The molecule has 2 aliphatic heterocycles. The molecular weight excluding hydrogens is 725 g/mol. The monoisotopic (exact) mass is 746 g/mol. The highest BCUT2D eigenvalue weighted by Crippen LogP contribution is 2.47. The topological polar surface area (TPSA) is 193 Å². The molecule has 2 heterocycles. The first-order valence-electron chi connectivity index (χ1n) is 15.8. The molecule has 262 valence electrons. The molecule has 0 aliphatic carbocycles. The number of carbonyl (C=O) groups is 4. The van der Waals surface area contributed by atoms with E-state index in [0.717, 1.165) is 28.0 Å². The molecule has 15 heteroatoms. The zero-order valence-corrected chi connectivity index (χ0v) is 29.0. The summed E-state index contributed by atoms with van der Waals surface area (Å²) in [5.41, 5.74) is 1.25. The molecule has 7 aromatic carbocycles. The number of amides is 4. The van der Waals surface area contributed by atoms with Crippen LogP contribution in [0.3, 0.4) is 0 Å². The maximum Gasteiger partial charge on any atom is 0.298 e. The van der Waals surface area contributed by atoms with Crippen molar-refractivity contribution >= 4 is 92.6 Å². The van der Waals surface area contributed by atoms with E-state index < -0.39 is 65.2 Å². The summed E-state index contributed by atoms with van der Waals surface area (Å²) in [5, 5.41) is 4.99. The molecule has 9 rings (SSSR count). The van der Waals surface area contributed by atoms with Crippen molar-refractivity contribution in [3.05, 3.63) is 113 Å². The number of aryl methyl sites for hydroxylation is 1. The second-order valence-electron chi connectivity index (χ2n) is 12.9. The van der Waals surface area contributed by atoms with Gasteiger partial charge in [0.1, 0.15) is 21.3 Å². The maximum absolute atomic E-state index is 14.2. The van der Waals surface area contributed by atoms with Crippen LogP contribution in [0.1, 0.15) is 47.0 Å². The molecule has 4 amide bonds. The fraction of sp³-hybridized carbons (Fsp3) is 0.0526. The van der Waals surface area contributed by atoms with E-state index in [-0.39, 0.29) is 16.8 Å². The second-order valence-corrected chi connectivity index (χ2v) is 15.7. The Morgan fingerprint density at radius 3 is 1.34 bits per heavy atom. The number of nitrogens with zero attached hydrogens (tertiary/aromatic N) is 2. The fourth-order valence-corrected chi connectivity index (χ4v) is 8.90. The van der Waals surface area contributed by atoms with Gasteiger partial charge >= 0.3 is 0 Å². The van der Waals surface area contributed by atoms with E-state index in [4.69, 9.17) is 4.74 Å². The smallest absolute Gasteiger partial charge is 0.298 e. The van der Waals surface area contributed by atoms with E-state index in [1.165, 1.54) is 25.2 Å². The van der Waals surface area contributed by atoms with Gasteiger partial charge in [-0.15, -0.1) is 0 Å². The van der Waals surface area contributed by atoms with E-state index in [1.54, 1.807) is 55.5 Å². The highest BCUT2D eigenvalue weighted by molar-refractivity contribution is 7.86. The molecule has 0 aromatic heterocycles. The Bertz CT molecular complexity index is 3030. The van der Waals surface area contributed by atoms with Crippen molar-refractivity contribution in [1.82, 2.24) is 4.90 Å². The molecule has 2 aliphatic rings. The van der Waals surface area contributed by atoms with Crippen LogP contribution in [-0.2, 0) is 20.2 Å². The third kappa shape index (κ3) is 4.48. The Labute approximate surface area is 299 Å². The Balaban J connectivity index is 1.21. The lowest BCUT2D eigenvalue weighted by molar-refractivity contribution is 0.0649. The number of hydrogen-bond acceptors (Lipinski definition) is 9. The van der Waals surface area contributed by atoms with Crippen LogP contribution in [-0.4, -0.2) is 61.5 Å². The van der Waals surface area contributed by atoms with Gasteiger partial charge in [0.05, 0.1) is 5.69 Å². The minimum absolute atomic E-state index is 0.132. The van der Waals surface area contributed by atoms with Gasteiger partial charge in [0.2, 0.25) is 0 Å². The van der Waals surface area contributed by atoms with Crippen LogP contribution in [0.2, 0.25) is 0 Å². The largest absolute Gasteiger partial charge is 0.454 e. The summed E-state index contributed by atoms with van der Waals surface area (Å²) >= 11 is 0. The molecule has 0 saturated heterocycles. The van der Waals surface area contributed by atoms with Crippen molar-refractivity contribution in [1.29, 1.82) is 0 Å². The average molecular weight is 747 g/mol. The molecule has 0 unspecified atom stereocenters. The van der Waals surface area contributed by atoms with Crippen LogP contribution in [0.4, 0.5) is 5.69 Å². The number of rotatable bonds is 5. The maximum atomic E-state index is 14.2. The van der Waals surface area contributed by atoms with Crippen molar-refractivity contribution in [2.45, 2.75) is 16.7 Å². The summed E-state index contributed by atoms with van der Waals surface area (Å²) in [6.45, 7) is 1.56. The zero-order chi connectivity index (χ0) is 37.5. The summed E-state index contributed by atoms with van der Waals surface area (Å²) in [6.07, 6.45) is 0. The lowest BCUT2D eigenvalue weighted by Crippen LogP contribution is -2.40. The zero-order valence-electron chi connectivity index (χ0n) is 27.4. The molecule has 0 atom stereocenters. The van der Waals surface area contributed by atoms with Gasteiger partial charge in [0.25, 0.3) is 43.9 Å². The number of imide groups is 2. The fourth-order valence-electron chi connectivity index (χ4n) is 7.56. The van der Waals surface area contributed by atoms with Gasteiger partial charge in [-0.1, -0.05) is 30.3 Å². The first-order valence-corrected chi connectivity index (χ1v) is 18.7. The summed E-state index contributed by atoms with van der Waals surface area (Å²) in [4.78, 5) is 55.0. The predicted octanol–water partition coefficient (Wildman–Crippen LogP) is 6.36. The standard InChI is InChI=1S/C38H22N2O11S2/c1-17-3-13-27(29(15-17)52(45,46)47)51-28-14-4-18(16-30(28)53(48,49)50)40-37(43)25-11-7-21-19-5-9-23-33-24(36(42)39(2)35(23)41)10-6-20(31(19)33)22-8-12-26(38(40)44)34(25)32(21)22/h3-16H,1-2H3,(H,45,46,47)(H,48,49,50). The molecule has 0 fully saturated rings. The Kier molecular flexibility index (Phi) is 6.55. The molecule has 2 N–H and O–H groups in total. The van der Waals surface area contributed by atoms with Crippen molar-refractivity contribution in [2.75, 3.05) is 11.9 Å². The summed E-state index contributed by atoms with van der Waals surface area (Å²) in [5.74, 6) is -3.41. The number of benzene rings is 7. The van der Waals surface area contributed by atoms with Crippen LogP contribution in [0.15, 0.2) is 94.7 Å². The van der Waals surface area contributed by atoms with Crippen LogP contribution in [0, 0.1) is 6.92 Å². The molecule has 0 radical (unpaired) electrons. The van der Waals surface area contributed by atoms with Crippen molar-refractivity contribution in [3.8, 4) is 11.5 Å². The molecule has 0 spiro atoms. The molecule has 53 heavy (non-hydrogen) atoms. The SMILES string of the molecule is Cc1ccc(Oc2ccc(N3C(=O)c4ccc5c6ccc7c8c(ccc(c9ccc(c4c59)C3=O)c86)C(=O)N(C)C7=O)cc2S(=O)(=O)O)c(S(=O)(=O)O)c1. The van der Waals surface area contributed by atoms with Crippen LogP contribution >= 0.6 is 0 Å². The van der Waals surface area contributed by atoms with Gasteiger partial charge in [-0.25, -0.2) is 4.90 Å². The molecule has 0 bridgehead atoms. The molecule has 7 aromatic rings. The third-order valence-electron chi connectivity index (χ3n) is 9.90. The van der Waals surface area contributed by atoms with Crippen LogP contribution in [0.25, 0.3) is 43.1 Å². The Hall–Kier alpha value is -6.26. The number of carbonyl (C=O) groups excluding carboxylic acids is 4. The number of fused-ring (bicyclic) bond motifs is 2. The van der Waals surface area contributed by atoms with E-state index in [1.807, 2.05) is 0 Å². The normalized spacial score (nSPS) is 14.8. The lowest BCUT2D eigenvalue weighted by Gasteiger charge is -2.29. The van der Waals surface area contributed by atoms with Gasteiger partial charge < -0.3 is 4.74 Å². The summed E-state index contributed by atoms with van der Waals surface area (Å²) < 4.78 is 74.8. The highest BCUT2D eigenvalue weighted by atomic mass is 32.2. The average Bonchev–Trinajstić information content (AvgIpc) is 3.11. The number of anilines is 1. The summed E-state index contributed by atoms with van der Waals surface area (Å²) in [6, 6.07) is 20.3. The van der Waals surface area contributed by atoms with Crippen molar-refractivity contribution in [2.24, 2.45) is 0 Å². The Morgan fingerprint density at radius 2 is 0.906 bits per heavy atom. The second kappa shape index (κ2) is 10.6.